The number of carboxylic acid groups (broad SMARTS) is 1. The number of hydrogen-bond acceptors (Lipinski definition) is 4. The molecular formula is C11H14BrNO4. The zero-order valence-corrected chi connectivity index (χ0v) is 11.1. The van der Waals surface area contributed by atoms with Gasteiger partial charge in [-0.3, -0.25) is 4.79 Å². The molecule has 0 aliphatic heterocycles. The lowest BCUT2D eigenvalue weighted by Crippen LogP contribution is -2.21. The molecule has 0 aliphatic carbocycles. The van der Waals surface area contributed by atoms with Crippen LogP contribution >= 0.6 is 15.9 Å². The summed E-state index contributed by atoms with van der Waals surface area (Å²) in [6, 6.07) is 1.52. The lowest BCUT2D eigenvalue weighted by atomic mass is 9.96. The van der Waals surface area contributed by atoms with Crippen molar-refractivity contribution in [3.8, 4) is 11.5 Å². The number of rotatable bonds is 4. The molecule has 0 radical (unpaired) electrons. The molecule has 0 spiro atoms. The Labute approximate surface area is 107 Å². The first-order chi connectivity index (χ1) is 7.93. The van der Waals surface area contributed by atoms with Gasteiger partial charge in [-0.25, -0.2) is 0 Å². The summed E-state index contributed by atoms with van der Waals surface area (Å²) >= 11 is 3.27. The Morgan fingerprint density at radius 1 is 1.65 bits per heavy atom. The van der Waals surface area contributed by atoms with Crippen LogP contribution in [0.5, 0.6) is 11.5 Å². The van der Waals surface area contributed by atoms with Crippen molar-refractivity contribution >= 4 is 21.9 Å². The Kier molecular flexibility index (Phi) is 4.36. The molecule has 5 nitrogen and oxygen atoms in total. The smallest absolute Gasteiger partial charge is 0.312 e. The molecule has 17 heavy (non-hydrogen) atoms. The predicted octanol–water partition coefficient (Wildman–Crippen LogP) is 1.60. The second kappa shape index (κ2) is 5.37. The van der Waals surface area contributed by atoms with Gasteiger partial charge in [-0.2, -0.15) is 0 Å². The Bertz CT molecular complexity index is 448. The van der Waals surface area contributed by atoms with Gasteiger partial charge in [-0.15, -0.1) is 0 Å². The van der Waals surface area contributed by atoms with Crippen LogP contribution in [0.1, 0.15) is 17.0 Å². The number of methoxy groups -OCH3 is 1. The summed E-state index contributed by atoms with van der Waals surface area (Å²) in [6.45, 7) is 1.57. The third-order valence-corrected chi connectivity index (χ3v) is 3.17. The van der Waals surface area contributed by atoms with Crippen molar-refractivity contribution in [2.45, 2.75) is 12.8 Å². The van der Waals surface area contributed by atoms with Crippen LogP contribution in [0.2, 0.25) is 0 Å². The summed E-state index contributed by atoms with van der Waals surface area (Å²) in [5.74, 6) is -1.62. The summed E-state index contributed by atoms with van der Waals surface area (Å²) in [7, 11) is 1.48. The second-order valence-electron chi connectivity index (χ2n) is 3.58. The van der Waals surface area contributed by atoms with Crippen LogP contribution in [0.4, 0.5) is 0 Å². The molecule has 4 N–H and O–H groups in total. The first-order valence-corrected chi connectivity index (χ1v) is 5.72. The van der Waals surface area contributed by atoms with E-state index >= 15 is 0 Å². The van der Waals surface area contributed by atoms with E-state index in [0.717, 1.165) is 0 Å². The van der Waals surface area contributed by atoms with E-state index in [1.807, 2.05) is 0 Å². The average molecular weight is 304 g/mol. The highest BCUT2D eigenvalue weighted by Gasteiger charge is 2.25. The lowest BCUT2D eigenvalue weighted by Gasteiger charge is -2.17. The summed E-state index contributed by atoms with van der Waals surface area (Å²) in [4.78, 5) is 11.0. The molecule has 1 atom stereocenters. The van der Waals surface area contributed by atoms with Crippen LogP contribution < -0.4 is 10.5 Å². The fraction of sp³-hybridized carbons (Fsp3) is 0.364. The van der Waals surface area contributed by atoms with Crippen LogP contribution in [0.25, 0.3) is 0 Å². The van der Waals surface area contributed by atoms with Gasteiger partial charge in [0.25, 0.3) is 0 Å². The maximum atomic E-state index is 11.0. The Morgan fingerprint density at radius 3 is 2.65 bits per heavy atom. The Balaban J connectivity index is 3.41. The lowest BCUT2D eigenvalue weighted by molar-refractivity contribution is -0.138. The normalized spacial score (nSPS) is 12.2. The van der Waals surface area contributed by atoms with Crippen LogP contribution in [0, 0.1) is 6.92 Å². The predicted molar refractivity (Wildman–Crippen MR) is 66.5 cm³/mol. The molecule has 1 aromatic rings. The molecule has 1 unspecified atom stereocenters. The van der Waals surface area contributed by atoms with Crippen LogP contribution in [0.3, 0.4) is 0 Å². The third-order valence-electron chi connectivity index (χ3n) is 2.58. The molecule has 0 bridgehead atoms. The standard InChI is InChI=1S/C11H14BrNO4/c1-5-9(14)6(7(4-13)11(15)16)3-8(12)10(5)17-2/h3,7,14H,4,13H2,1-2H3,(H,15,16). The van der Waals surface area contributed by atoms with Crippen LogP contribution in [-0.4, -0.2) is 29.8 Å². The van der Waals surface area contributed by atoms with E-state index in [1.54, 1.807) is 6.92 Å². The maximum absolute atomic E-state index is 11.0. The Morgan fingerprint density at radius 2 is 2.24 bits per heavy atom. The molecule has 0 heterocycles. The highest BCUT2D eigenvalue weighted by atomic mass is 79.9. The molecule has 1 rings (SSSR count). The van der Waals surface area contributed by atoms with Gasteiger partial charge in [0.1, 0.15) is 11.5 Å². The molecule has 0 aromatic heterocycles. The van der Waals surface area contributed by atoms with E-state index in [4.69, 9.17) is 15.6 Å². The highest BCUT2D eigenvalue weighted by molar-refractivity contribution is 9.10. The number of carbonyl (C=O) groups is 1. The zero-order valence-electron chi connectivity index (χ0n) is 9.53. The van der Waals surface area contributed by atoms with Crippen molar-refractivity contribution in [1.82, 2.24) is 0 Å². The minimum atomic E-state index is -1.07. The van der Waals surface area contributed by atoms with Crippen molar-refractivity contribution in [2.75, 3.05) is 13.7 Å². The number of phenols is 1. The maximum Gasteiger partial charge on any atom is 0.312 e. The highest BCUT2D eigenvalue weighted by Crippen LogP contribution is 2.40. The van der Waals surface area contributed by atoms with Crippen LogP contribution in [0.15, 0.2) is 10.5 Å². The fourth-order valence-corrected chi connectivity index (χ4v) is 2.36. The van der Waals surface area contributed by atoms with Gasteiger partial charge in [-0.1, -0.05) is 0 Å². The van der Waals surface area contributed by atoms with E-state index in [-0.39, 0.29) is 17.9 Å². The average Bonchev–Trinajstić information content (AvgIpc) is 2.26. The van der Waals surface area contributed by atoms with Gasteiger partial charge in [0, 0.05) is 17.7 Å². The number of aromatic hydroxyl groups is 1. The largest absolute Gasteiger partial charge is 0.507 e. The summed E-state index contributed by atoms with van der Waals surface area (Å²) < 4.78 is 5.69. The van der Waals surface area contributed by atoms with Crippen molar-refractivity contribution in [3.05, 3.63) is 21.7 Å². The topological polar surface area (TPSA) is 92.8 Å². The van der Waals surface area contributed by atoms with Gasteiger partial charge in [0.15, 0.2) is 0 Å². The van der Waals surface area contributed by atoms with E-state index in [0.29, 0.717) is 15.8 Å². The Hall–Kier alpha value is -1.27. The third kappa shape index (κ3) is 2.53. The molecule has 0 aliphatic rings. The van der Waals surface area contributed by atoms with Crippen molar-refractivity contribution in [3.63, 3.8) is 0 Å². The number of aliphatic carboxylic acids is 1. The van der Waals surface area contributed by atoms with Crippen molar-refractivity contribution in [1.29, 1.82) is 0 Å². The molecule has 0 amide bonds. The van der Waals surface area contributed by atoms with E-state index in [1.165, 1.54) is 13.2 Å². The second-order valence-corrected chi connectivity index (χ2v) is 4.44. The summed E-state index contributed by atoms with van der Waals surface area (Å²) in [6.07, 6.45) is 0. The van der Waals surface area contributed by atoms with E-state index in [9.17, 15) is 9.90 Å². The van der Waals surface area contributed by atoms with Gasteiger partial charge >= 0.3 is 5.97 Å². The van der Waals surface area contributed by atoms with Gasteiger partial charge < -0.3 is 20.7 Å². The van der Waals surface area contributed by atoms with Gasteiger partial charge in [-0.05, 0) is 28.9 Å². The molecule has 6 heteroatoms. The minimum Gasteiger partial charge on any atom is -0.507 e. The quantitative estimate of drug-likeness (QED) is 0.785. The molecule has 0 saturated heterocycles. The molecule has 0 saturated carbocycles. The molecule has 94 valence electrons. The van der Waals surface area contributed by atoms with Gasteiger partial charge in [0.05, 0.1) is 17.5 Å². The molecular weight excluding hydrogens is 290 g/mol. The van der Waals surface area contributed by atoms with Gasteiger partial charge in [0.2, 0.25) is 0 Å². The summed E-state index contributed by atoms with van der Waals surface area (Å²) in [5.41, 5.74) is 6.17. The number of ether oxygens (including phenoxy) is 1. The van der Waals surface area contributed by atoms with Crippen LogP contribution in [-0.2, 0) is 4.79 Å². The number of carboxylic acids is 1. The minimum absolute atomic E-state index is 0.0822. The fourth-order valence-electron chi connectivity index (χ4n) is 1.65. The summed E-state index contributed by atoms with van der Waals surface area (Å²) in [5, 5.41) is 19.0. The monoisotopic (exact) mass is 303 g/mol. The number of nitrogens with two attached hydrogens (primary N) is 1. The van der Waals surface area contributed by atoms with E-state index in [2.05, 4.69) is 15.9 Å². The number of benzene rings is 1. The zero-order chi connectivity index (χ0) is 13.2. The molecule has 1 aromatic carbocycles. The van der Waals surface area contributed by atoms with Crippen molar-refractivity contribution in [2.24, 2.45) is 5.73 Å². The first kappa shape index (κ1) is 13.8. The first-order valence-electron chi connectivity index (χ1n) is 4.92. The number of phenolic OH excluding ortho intramolecular Hbond substituents is 1. The number of halogens is 1. The number of hydrogen-bond donors (Lipinski definition) is 3. The molecule has 0 fully saturated rings. The SMILES string of the molecule is COc1c(Br)cc(C(CN)C(=O)O)c(O)c1C. The van der Waals surface area contributed by atoms with Crippen molar-refractivity contribution < 1.29 is 19.7 Å². The van der Waals surface area contributed by atoms with E-state index < -0.39 is 11.9 Å².